The Morgan fingerprint density at radius 1 is 1.37 bits per heavy atom. The Labute approximate surface area is 130 Å². The van der Waals surface area contributed by atoms with E-state index in [4.69, 9.17) is 21.3 Å². The molecule has 0 aromatic heterocycles. The minimum Gasteiger partial charge on any atom is -0.381 e. The fourth-order valence-electron chi connectivity index (χ4n) is 2.26. The van der Waals surface area contributed by atoms with Gasteiger partial charge in [0, 0.05) is 23.4 Å². The van der Waals surface area contributed by atoms with E-state index in [-0.39, 0.29) is 5.54 Å². The molecule has 0 aliphatic carbocycles. The molecular formula is C13H14BrClN2OS. The van der Waals surface area contributed by atoms with E-state index in [0.717, 1.165) is 47.1 Å². The summed E-state index contributed by atoms with van der Waals surface area (Å²) in [5.41, 5.74) is 0.979. The first-order valence-corrected chi connectivity index (χ1v) is 8.35. The average molecular weight is 362 g/mol. The highest BCUT2D eigenvalue weighted by Crippen LogP contribution is 2.37. The number of aliphatic imine (C=N–C) groups is 1. The van der Waals surface area contributed by atoms with Crippen molar-refractivity contribution in [2.45, 2.75) is 18.4 Å². The molecule has 1 fully saturated rings. The number of amidine groups is 1. The molecule has 3 nitrogen and oxygen atoms in total. The molecular weight excluding hydrogens is 348 g/mol. The molecule has 0 atom stereocenters. The quantitative estimate of drug-likeness (QED) is 0.815. The summed E-state index contributed by atoms with van der Waals surface area (Å²) in [5.74, 6) is 1.03. The number of hydrogen-bond donors (Lipinski definition) is 1. The zero-order valence-electron chi connectivity index (χ0n) is 10.3. The number of anilines is 1. The Morgan fingerprint density at radius 2 is 2.16 bits per heavy atom. The van der Waals surface area contributed by atoms with Gasteiger partial charge in [-0.15, -0.1) is 0 Å². The predicted octanol–water partition coefficient (Wildman–Crippen LogP) is 4.17. The predicted molar refractivity (Wildman–Crippen MR) is 85.5 cm³/mol. The molecule has 0 saturated carbocycles. The molecule has 102 valence electrons. The maximum absolute atomic E-state index is 6.21. The van der Waals surface area contributed by atoms with Crippen LogP contribution in [0.25, 0.3) is 0 Å². The maximum atomic E-state index is 6.21. The van der Waals surface area contributed by atoms with E-state index in [0.29, 0.717) is 5.02 Å². The molecule has 0 bridgehead atoms. The summed E-state index contributed by atoms with van der Waals surface area (Å²) in [4.78, 5) is 4.86. The molecule has 1 aromatic carbocycles. The second kappa shape index (κ2) is 5.64. The zero-order chi connectivity index (χ0) is 13.3. The number of thioether (sulfide) groups is 1. The van der Waals surface area contributed by atoms with E-state index in [1.54, 1.807) is 11.8 Å². The molecule has 2 aliphatic rings. The van der Waals surface area contributed by atoms with Crippen molar-refractivity contribution < 1.29 is 4.74 Å². The third-order valence-electron chi connectivity index (χ3n) is 3.41. The van der Waals surface area contributed by atoms with Crippen molar-refractivity contribution in [2.75, 3.05) is 24.3 Å². The van der Waals surface area contributed by atoms with Crippen LogP contribution in [0.2, 0.25) is 5.02 Å². The van der Waals surface area contributed by atoms with Crippen LogP contribution in [0.1, 0.15) is 12.8 Å². The van der Waals surface area contributed by atoms with Crippen LogP contribution in [0.4, 0.5) is 5.69 Å². The number of benzene rings is 1. The van der Waals surface area contributed by atoms with Crippen LogP contribution in [0, 0.1) is 0 Å². The van der Waals surface area contributed by atoms with Crippen LogP contribution in [-0.4, -0.2) is 29.7 Å². The topological polar surface area (TPSA) is 33.6 Å². The van der Waals surface area contributed by atoms with Gasteiger partial charge in [0.25, 0.3) is 0 Å². The highest BCUT2D eigenvalue weighted by atomic mass is 79.9. The Kier molecular flexibility index (Phi) is 4.08. The largest absolute Gasteiger partial charge is 0.381 e. The van der Waals surface area contributed by atoms with Crippen LogP contribution in [0.15, 0.2) is 27.7 Å². The molecule has 1 N–H and O–H groups in total. The lowest BCUT2D eigenvalue weighted by molar-refractivity contribution is 0.0624. The normalized spacial score (nSPS) is 21.5. The van der Waals surface area contributed by atoms with Gasteiger partial charge in [-0.3, -0.25) is 4.99 Å². The summed E-state index contributed by atoms with van der Waals surface area (Å²) < 4.78 is 6.39. The van der Waals surface area contributed by atoms with Crippen LogP contribution in [0.5, 0.6) is 0 Å². The molecule has 19 heavy (non-hydrogen) atoms. The smallest absolute Gasteiger partial charge is 0.161 e. The van der Waals surface area contributed by atoms with E-state index in [1.165, 1.54) is 0 Å². The summed E-state index contributed by atoms with van der Waals surface area (Å²) in [7, 11) is 0. The SMILES string of the molecule is Clc1cc(Br)ccc1NC1=NC2(CCOCC2)CS1. The second-order valence-corrected chi connectivity index (χ2v) is 7.08. The minimum absolute atomic E-state index is 0.0765. The van der Waals surface area contributed by atoms with Gasteiger partial charge in [-0.1, -0.05) is 39.3 Å². The molecule has 0 radical (unpaired) electrons. The summed E-state index contributed by atoms with van der Waals surface area (Å²) in [5, 5.41) is 4.99. The fraction of sp³-hybridized carbons (Fsp3) is 0.462. The number of ether oxygens (including phenoxy) is 1. The molecule has 3 rings (SSSR count). The first-order valence-electron chi connectivity index (χ1n) is 6.19. The number of halogens is 2. The number of rotatable bonds is 1. The van der Waals surface area contributed by atoms with Gasteiger partial charge in [-0.05, 0) is 31.0 Å². The second-order valence-electron chi connectivity index (χ2n) is 4.79. The van der Waals surface area contributed by atoms with Gasteiger partial charge < -0.3 is 10.1 Å². The van der Waals surface area contributed by atoms with Gasteiger partial charge in [-0.2, -0.15) is 0 Å². The van der Waals surface area contributed by atoms with Gasteiger partial charge in [0.15, 0.2) is 5.17 Å². The Morgan fingerprint density at radius 3 is 2.89 bits per heavy atom. The lowest BCUT2D eigenvalue weighted by Gasteiger charge is -2.29. The van der Waals surface area contributed by atoms with Crippen molar-refractivity contribution in [1.29, 1.82) is 0 Å². The lowest BCUT2D eigenvalue weighted by Crippen LogP contribution is -2.34. The molecule has 1 spiro atoms. The van der Waals surface area contributed by atoms with E-state index >= 15 is 0 Å². The summed E-state index contributed by atoms with van der Waals surface area (Å²) >= 11 is 11.4. The first-order chi connectivity index (χ1) is 9.17. The minimum atomic E-state index is 0.0765. The molecule has 0 unspecified atom stereocenters. The van der Waals surface area contributed by atoms with Crippen molar-refractivity contribution in [3.8, 4) is 0 Å². The van der Waals surface area contributed by atoms with Gasteiger partial charge >= 0.3 is 0 Å². The summed E-state index contributed by atoms with van der Waals surface area (Å²) in [6.45, 7) is 1.63. The summed E-state index contributed by atoms with van der Waals surface area (Å²) in [6, 6.07) is 5.82. The van der Waals surface area contributed by atoms with Gasteiger partial charge in [0.2, 0.25) is 0 Å². The Balaban J connectivity index is 1.75. The number of hydrogen-bond acceptors (Lipinski definition) is 4. The van der Waals surface area contributed by atoms with E-state index in [1.807, 2.05) is 18.2 Å². The zero-order valence-corrected chi connectivity index (χ0v) is 13.4. The Bertz CT molecular complexity index is 517. The average Bonchev–Trinajstić information content (AvgIpc) is 2.77. The van der Waals surface area contributed by atoms with Crippen molar-refractivity contribution in [1.82, 2.24) is 0 Å². The van der Waals surface area contributed by atoms with Crippen molar-refractivity contribution >= 4 is 50.1 Å². The third kappa shape index (κ3) is 3.10. The van der Waals surface area contributed by atoms with Gasteiger partial charge in [0.1, 0.15) is 0 Å². The van der Waals surface area contributed by atoms with Crippen molar-refractivity contribution in [3.05, 3.63) is 27.7 Å². The molecule has 1 saturated heterocycles. The summed E-state index contributed by atoms with van der Waals surface area (Å²) in [6.07, 6.45) is 2.03. The molecule has 2 heterocycles. The van der Waals surface area contributed by atoms with Crippen molar-refractivity contribution in [3.63, 3.8) is 0 Å². The van der Waals surface area contributed by atoms with Crippen LogP contribution in [0.3, 0.4) is 0 Å². The van der Waals surface area contributed by atoms with Gasteiger partial charge in [0.05, 0.1) is 16.2 Å². The van der Waals surface area contributed by atoms with E-state index in [2.05, 4.69) is 21.2 Å². The Hall–Kier alpha value is -0.230. The molecule has 1 aromatic rings. The first kappa shape index (κ1) is 13.7. The van der Waals surface area contributed by atoms with Crippen LogP contribution in [-0.2, 0) is 4.74 Å². The van der Waals surface area contributed by atoms with Crippen molar-refractivity contribution in [2.24, 2.45) is 4.99 Å². The number of nitrogens with zero attached hydrogens (tertiary/aromatic N) is 1. The standard InChI is InChI=1S/C13H14BrClN2OS/c14-9-1-2-11(10(15)7-9)16-12-17-13(8-19-12)3-5-18-6-4-13/h1-2,7H,3-6,8H2,(H,16,17). The monoisotopic (exact) mass is 360 g/mol. The van der Waals surface area contributed by atoms with E-state index in [9.17, 15) is 0 Å². The fourth-order valence-corrected chi connectivity index (χ4v) is 4.18. The molecule has 6 heteroatoms. The highest BCUT2D eigenvalue weighted by molar-refractivity contribution is 9.10. The number of nitrogens with one attached hydrogen (secondary N) is 1. The van der Waals surface area contributed by atoms with Crippen LogP contribution < -0.4 is 5.32 Å². The molecule has 0 amide bonds. The molecule has 2 aliphatic heterocycles. The highest BCUT2D eigenvalue weighted by Gasteiger charge is 2.37. The third-order valence-corrected chi connectivity index (χ3v) is 5.37. The van der Waals surface area contributed by atoms with E-state index < -0.39 is 0 Å². The van der Waals surface area contributed by atoms with Gasteiger partial charge in [-0.25, -0.2) is 0 Å². The maximum Gasteiger partial charge on any atom is 0.161 e. The lowest BCUT2D eigenvalue weighted by atomic mass is 9.93. The van der Waals surface area contributed by atoms with Crippen LogP contribution >= 0.6 is 39.3 Å².